The van der Waals surface area contributed by atoms with Crippen LogP contribution < -0.4 is 16.6 Å². The Morgan fingerprint density at radius 3 is 2.67 bits per heavy atom. The lowest BCUT2D eigenvalue weighted by Gasteiger charge is -2.27. The van der Waals surface area contributed by atoms with E-state index in [4.69, 9.17) is 5.84 Å². The van der Waals surface area contributed by atoms with Crippen LogP contribution in [-0.4, -0.2) is 27.5 Å². The van der Waals surface area contributed by atoms with Crippen LogP contribution in [0.15, 0.2) is 10.8 Å². The number of anilines is 2. The van der Waals surface area contributed by atoms with Crippen LogP contribution >= 0.6 is 27.7 Å². The molecule has 1 heterocycles. The highest BCUT2D eigenvalue weighted by Gasteiger charge is 2.32. The maximum atomic E-state index is 5.39. The van der Waals surface area contributed by atoms with Crippen molar-refractivity contribution in [1.29, 1.82) is 0 Å². The largest absolute Gasteiger partial charge is 0.368 e. The molecule has 0 aliphatic heterocycles. The zero-order chi connectivity index (χ0) is 13.0. The lowest BCUT2D eigenvalue weighted by atomic mass is 10.1. The standard InChI is InChI=1S/C11H18BrN5S/c1-18-11(4-2-3-5-11)6-14-9-8(12)10(17-13)16-7-15-9/h7H,2-6,13H2,1H3,(H2,14,15,16,17). The molecule has 1 fully saturated rings. The monoisotopic (exact) mass is 331 g/mol. The van der Waals surface area contributed by atoms with Crippen molar-refractivity contribution in [2.75, 3.05) is 23.5 Å². The van der Waals surface area contributed by atoms with Crippen LogP contribution in [0.4, 0.5) is 11.6 Å². The molecule has 0 unspecified atom stereocenters. The second-order valence-corrected chi connectivity index (χ2v) is 6.54. The first-order valence-electron chi connectivity index (χ1n) is 5.97. The molecule has 0 saturated heterocycles. The highest BCUT2D eigenvalue weighted by Crippen LogP contribution is 2.40. The van der Waals surface area contributed by atoms with Gasteiger partial charge >= 0.3 is 0 Å². The number of hydrogen-bond acceptors (Lipinski definition) is 6. The van der Waals surface area contributed by atoms with E-state index in [2.05, 4.69) is 42.9 Å². The van der Waals surface area contributed by atoms with Crippen LogP contribution in [0, 0.1) is 0 Å². The molecule has 100 valence electrons. The van der Waals surface area contributed by atoms with E-state index in [1.807, 2.05) is 11.8 Å². The van der Waals surface area contributed by atoms with Crippen molar-refractivity contribution in [2.45, 2.75) is 30.4 Å². The van der Waals surface area contributed by atoms with Crippen molar-refractivity contribution in [3.63, 3.8) is 0 Å². The maximum absolute atomic E-state index is 5.39. The molecule has 4 N–H and O–H groups in total. The van der Waals surface area contributed by atoms with Gasteiger partial charge in [0, 0.05) is 11.3 Å². The molecule has 1 aromatic heterocycles. The number of thioether (sulfide) groups is 1. The van der Waals surface area contributed by atoms with Crippen LogP contribution in [0.3, 0.4) is 0 Å². The zero-order valence-electron chi connectivity index (χ0n) is 10.4. The predicted molar refractivity (Wildman–Crippen MR) is 80.7 cm³/mol. The Balaban J connectivity index is 2.05. The molecule has 0 bridgehead atoms. The first kappa shape index (κ1) is 13.9. The number of nitrogen functional groups attached to an aromatic ring is 1. The van der Waals surface area contributed by atoms with Crippen molar-refractivity contribution in [3.05, 3.63) is 10.8 Å². The maximum Gasteiger partial charge on any atom is 0.159 e. The summed E-state index contributed by atoms with van der Waals surface area (Å²) < 4.78 is 1.13. The van der Waals surface area contributed by atoms with Crippen molar-refractivity contribution < 1.29 is 0 Å². The Morgan fingerprint density at radius 1 is 1.39 bits per heavy atom. The molecule has 2 rings (SSSR count). The first-order valence-corrected chi connectivity index (χ1v) is 7.99. The van der Waals surface area contributed by atoms with E-state index in [1.165, 1.54) is 32.0 Å². The fourth-order valence-electron chi connectivity index (χ4n) is 2.31. The average molecular weight is 332 g/mol. The molecule has 1 saturated carbocycles. The van der Waals surface area contributed by atoms with E-state index in [-0.39, 0.29) is 0 Å². The Morgan fingerprint density at radius 2 is 2.06 bits per heavy atom. The smallest absolute Gasteiger partial charge is 0.159 e. The number of nitrogens with zero attached hydrogens (tertiary/aromatic N) is 2. The molecule has 0 spiro atoms. The molecule has 0 atom stereocenters. The molecule has 1 aliphatic carbocycles. The summed E-state index contributed by atoms with van der Waals surface area (Å²) in [6.45, 7) is 0.924. The third-order valence-electron chi connectivity index (χ3n) is 3.45. The number of hydrazine groups is 1. The number of rotatable bonds is 5. The third kappa shape index (κ3) is 2.89. The summed E-state index contributed by atoms with van der Waals surface area (Å²) in [6, 6.07) is 0. The van der Waals surface area contributed by atoms with Gasteiger partial charge < -0.3 is 10.7 Å². The van der Waals surface area contributed by atoms with Crippen LogP contribution in [0.2, 0.25) is 0 Å². The Labute approximate surface area is 120 Å². The lowest BCUT2D eigenvalue weighted by molar-refractivity contribution is 0.638. The lowest BCUT2D eigenvalue weighted by Crippen LogP contribution is -2.30. The van der Waals surface area contributed by atoms with Crippen LogP contribution in [0.25, 0.3) is 0 Å². The summed E-state index contributed by atoms with van der Waals surface area (Å²) in [5.41, 5.74) is 2.54. The molecule has 1 aliphatic rings. The fourth-order valence-corrected chi connectivity index (χ4v) is 3.68. The van der Waals surface area contributed by atoms with Gasteiger partial charge in [-0.3, -0.25) is 0 Å². The summed E-state index contributed by atoms with van der Waals surface area (Å²) in [6.07, 6.45) is 8.88. The van der Waals surface area contributed by atoms with Gasteiger partial charge in [0.25, 0.3) is 0 Å². The van der Waals surface area contributed by atoms with Gasteiger partial charge in [0.05, 0.1) is 0 Å². The van der Waals surface area contributed by atoms with Gasteiger partial charge in [0.15, 0.2) is 5.82 Å². The van der Waals surface area contributed by atoms with Gasteiger partial charge in [-0.05, 0) is 35.0 Å². The van der Waals surface area contributed by atoms with Gasteiger partial charge in [0.2, 0.25) is 0 Å². The molecular formula is C11H18BrN5S. The molecule has 0 aromatic carbocycles. The molecule has 5 nitrogen and oxygen atoms in total. The van der Waals surface area contributed by atoms with Crippen LogP contribution in [0.5, 0.6) is 0 Å². The molecular weight excluding hydrogens is 314 g/mol. The van der Waals surface area contributed by atoms with Gasteiger partial charge in [-0.15, -0.1) is 0 Å². The number of halogens is 1. The zero-order valence-corrected chi connectivity index (χ0v) is 12.8. The van der Waals surface area contributed by atoms with E-state index >= 15 is 0 Å². The Hall–Kier alpha value is -0.530. The van der Waals surface area contributed by atoms with Gasteiger partial charge in [0.1, 0.15) is 16.6 Å². The fraction of sp³-hybridized carbons (Fsp3) is 0.636. The summed E-state index contributed by atoms with van der Waals surface area (Å²) >= 11 is 5.41. The first-order chi connectivity index (χ1) is 8.71. The predicted octanol–water partition coefficient (Wildman–Crippen LogP) is 2.61. The van der Waals surface area contributed by atoms with Crippen LogP contribution in [0.1, 0.15) is 25.7 Å². The van der Waals surface area contributed by atoms with E-state index < -0.39 is 0 Å². The summed E-state index contributed by atoms with van der Waals surface area (Å²) in [5, 5.41) is 3.41. The minimum absolute atomic E-state index is 0.348. The average Bonchev–Trinajstić information content (AvgIpc) is 2.87. The Kier molecular flexibility index (Phi) is 4.69. The quantitative estimate of drug-likeness (QED) is 0.568. The highest BCUT2D eigenvalue weighted by molar-refractivity contribution is 9.10. The highest BCUT2D eigenvalue weighted by atomic mass is 79.9. The van der Waals surface area contributed by atoms with Crippen molar-refractivity contribution in [1.82, 2.24) is 9.97 Å². The Bertz CT molecular complexity index is 408. The third-order valence-corrected chi connectivity index (χ3v) is 5.62. The van der Waals surface area contributed by atoms with Crippen molar-refractivity contribution >= 4 is 39.3 Å². The van der Waals surface area contributed by atoms with Gasteiger partial charge in [-0.1, -0.05) is 12.8 Å². The summed E-state index contributed by atoms with van der Waals surface area (Å²) in [5.74, 6) is 6.77. The molecule has 0 amide bonds. The molecule has 7 heteroatoms. The second kappa shape index (κ2) is 6.08. The van der Waals surface area contributed by atoms with Gasteiger partial charge in [-0.2, -0.15) is 11.8 Å². The van der Waals surface area contributed by atoms with Crippen LogP contribution in [-0.2, 0) is 0 Å². The van der Waals surface area contributed by atoms with E-state index in [9.17, 15) is 0 Å². The molecule has 1 aromatic rings. The minimum atomic E-state index is 0.348. The van der Waals surface area contributed by atoms with Crippen molar-refractivity contribution in [2.24, 2.45) is 5.84 Å². The second-order valence-electron chi connectivity index (χ2n) is 4.48. The topological polar surface area (TPSA) is 75.9 Å². The van der Waals surface area contributed by atoms with E-state index in [0.717, 1.165) is 16.8 Å². The summed E-state index contributed by atoms with van der Waals surface area (Å²) in [7, 11) is 0. The normalized spacial score (nSPS) is 17.7. The number of nitrogens with one attached hydrogen (secondary N) is 2. The van der Waals surface area contributed by atoms with Crippen molar-refractivity contribution in [3.8, 4) is 0 Å². The minimum Gasteiger partial charge on any atom is -0.368 e. The number of nitrogens with two attached hydrogens (primary N) is 1. The molecule has 0 radical (unpaired) electrons. The van der Waals surface area contributed by atoms with E-state index in [1.54, 1.807) is 0 Å². The SMILES string of the molecule is CSC1(CNc2ncnc(NN)c2Br)CCCC1. The van der Waals surface area contributed by atoms with E-state index in [0.29, 0.717) is 10.6 Å². The molecule has 18 heavy (non-hydrogen) atoms. The number of hydrogen-bond donors (Lipinski definition) is 3. The van der Waals surface area contributed by atoms with Gasteiger partial charge in [-0.25, -0.2) is 15.8 Å². The summed E-state index contributed by atoms with van der Waals surface area (Å²) in [4.78, 5) is 8.27. The number of aromatic nitrogens is 2.